The Labute approximate surface area is 88.2 Å². The lowest BCUT2D eigenvalue weighted by atomic mass is 10.3. The van der Waals surface area contributed by atoms with E-state index in [1.165, 1.54) is 12.1 Å². The van der Waals surface area contributed by atoms with Crippen LogP contribution in [-0.4, -0.2) is 19.2 Å². The molecule has 0 aliphatic heterocycles. The molecular formula is C10H10N2O2S. The number of nitrogens with two attached hydrogens (primary N) is 1. The van der Waals surface area contributed by atoms with Crippen molar-refractivity contribution in [2.24, 2.45) is 5.73 Å². The van der Waals surface area contributed by atoms with Crippen LogP contribution >= 0.6 is 0 Å². The van der Waals surface area contributed by atoms with Crippen LogP contribution in [0.4, 0.5) is 0 Å². The Morgan fingerprint density at radius 3 is 2.47 bits per heavy atom. The topological polar surface area (TPSA) is 83.9 Å². The number of hydrogen-bond acceptors (Lipinski definition) is 4. The van der Waals surface area contributed by atoms with Gasteiger partial charge in [-0.25, -0.2) is 8.42 Å². The second-order valence-electron chi connectivity index (χ2n) is 3.70. The molecule has 78 valence electrons. The van der Waals surface area contributed by atoms with Crippen molar-refractivity contribution in [3.05, 3.63) is 30.3 Å². The summed E-state index contributed by atoms with van der Waals surface area (Å²) in [6.07, 6.45) is 0.223. The summed E-state index contributed by atoms with van der Waals surface area (Å²) in [7, 11) is -3.43. The molecule has 5 heteroatoms. The summed E-state index contributed by atoms with van der Waals surface area (Å²) in [6.45, 7) is 0. The molecule has 0 saturated heterocycles. The first kappa shape index (κ1) is 10.1. The molecule has 2 atom stereocenters. The third-order valence-electron chi connectivity index (χ3n) is 2.59. The molecule has 4 nitrogen and oxygen atoms in total. The molecule has 0 spiro atoms. The van der Waals surface area contributed by atoms with Gasteiger partial charge in [-0.15, -0.1) is 0 Å². The van der Waals surface area contributed by atoms with Gasteiger partial charge >= 0.3 is 0 Å². The second-order valence-corrected chi connectivity index (χ2v) is 5.83. The van der Waals surface area contributed by atoms with Crippen LogP contribution in [0.3, 0.4) is 0 Å². The van der Waals surface area contributed by atoms with Gasteiger partial charge in [-0.3, -0.25) is 0 Å². The molecular weight excluding hydrogens is 212 g/mol. The fourth-order valence-electron chi connectivity index (χ4n) is 1.53. The summed E-state index contributed by atoms with van der Waals surface area (Å²) < 4.78 is 23.9. The summed E-state index contributed by atoms with van der Waals surface area (Å²) in [5.74, 6) is 0. The third kappa shape index (κ3) is 1.52. The van der Waals surface area contributed by atoms with E-state index in [1.54, 1.807) is 18.2 Å². The van der Waals surface area contributed by atoms with Crippen LogP contribution in [-0.2, 0) is 9.84 Å². The van der Waals surface area contributed by atoms with Crippen molar-refractivity contribution in [1.82, 2.24) is 0 Å². The van der Waals surface area contributed by atoms with E-state index in [0.29, 0.717) is 0 Å². The summed E-state index contributed by atoms with van der Waals surface area (Å²) in [5, 5.41) is 7.95. The van der Waals surface area contributed by atoms with Gasteiger partial charge in [0.2, 0.25) is 0 Å². The van der Waals surface area contributed by atoms with Crippen molar-refractivity contribution in [3.8, 4) is 6.07 Å². The van der Waals surface area contributed by atoms with Crippen molar-refractivity contribution >= 4 is 9.84 Å². The van der Waals surface area contributed by atoms with Gasteiger partial charge in [0.15, 0.2) is 9.84 Å². The van der Waals surface area contributed by atoms with Crippen LogP contribution in [0.15, 0.2) is 35.2 Å². The van der Waals surface area contributed by atoms with Crippen molar-refractivity contribution in [2.45, 2.75) is 22.1 Å². The molecule has 1 saturated carbocycles. The molecule has 2 N–H and O–H groups in total. The molecule has 0 heterocycles. The van der Waals surface area contributed by atoms with E-state index >= 15 is 0 Å². The number of benzene rings is 1. The molecule has 0 amide bonds. The van der Waals surface area contributed by atoms with E-state index in [-0.39, 0.29) is 11.3 Å². The summed E-state index contributed by atoms with van der Waals surface area (Å²) in [6, 6.07) is 9.93. The number of rotatable bonds is 2. The van der Waals surface area contributed by atoms with Gasteiger partial charge in [-0.2, -0.15) is 5.26 Å². The zero-order chi connectivity index (χ0) is 11.1. The molecule has 15 heavy (non-hydrogen) atoms. The van der Waals surface area contributed by atoms with E-state index in [9.17, 15) is 8.42 Å². The molecule has 1 aromatic carbocycles. The minimum absolute atomic E-state index is 0.223. The van der Waals surface area contributed by atoms with Crippen LogP contribution in [0.1, 0.15) is 6.42 Å². The fourth-order valence-corrected chi connectivity index (χ4v) is 3.49. The van der Waals surface area contributed by atoms with Gasteiger partial charge in [-0.1, -0.05) is 18.2 Å². The number of sulfone groups is 1. The van der Waals surface area contributed by atoms with Crippen LogP contribution < -0.4 is 5.73 Å². The molecule has 1 aromatic rings. The smallest absolute Gasteiger partial charge is 0.184 e. The van der Waals surface area contributed by atoms with Crippen molar-refractivity contribution in [3.63, 3.8) is 0 Å². The maximum atomic E-state index is 11.9. The standard InChI is InChI=1S/C10H10N2O2S/c11-7-10(12)6-9(10)15(13,14)8-4-2-1-3-5-8/h1-5,9H,6,12H2/t9-,10-/m0/s1. The summed E-state index contributed by atoms with van der Waals surface area (Å²) >= 11 is 0. The maximum absolute atomic E-state index is 11.9. The second kappa shape index (κ2) is 3.05. The molecule has 1 aliphatic carbocycles. The molecule has 0 radical (unpaired) electrons. The first-order valence-electron chi connectivity index (χ1n) is 4.50. The first-order valence-corrected chi connectivity index (χ1v) is 6.04. The number of nitriles is 1. The zero-order valence-corrected chi connectivity index (χ0v) is 8.74. The van der Waals surface area contributed by atoms with Crippen molar-refractivity contribution in [1.29, 1.82) is 5.26 Å². The largest absolute Gasteiger partial charge is 0.312 e. The average Bonchev–Trinajstić information content (AvgIpc) is 2.94. The van der Waals surface area contributed by atoms with Crippen molar-refractivity contribution < 1.29 is 8.42 Å². The third-order valence-corrected chi connectivity index (χ3v) is 4.86. The highest BCUT2D eigenvalue weighted by Gasteiger charge is 2.60. The van der Waals surface area contributed by atoms with E-state index in [2.05, 4.69) is 0 Å². The molecule has 2 rings (SSSR count). The van der Waals surface area contributed by atoms with Gasteiger partial charge < -0.3 is 5.73 Å². The van der Waals surface area contributed by atoms with Crippen LogP contribution in [0.25, 0.3) is 0 Å². The average molecular weight is 222 g/mol. The van der Waals surface area contributed by atoms with E-state index in [0.717, 1.165) is 0 Å². The molecule has 0 aromatic heterocycles. The Balaban J connectivity index is 2.37. The molecule has 1 aliphatic rings. The SMILES string of the molecule is N#C[C@@]1(N)C[C@@H]1S(=O)(=O)c1ccccc1. The lowest BCUT2D eigenvalue weighted by Gasteiger charge is -2.04. The molecule has 0 unspecified atom stereocenters. The highest BCUT2D eigenvalue weighted by Crippen LogP contribution is 2.41. The molecule has 0 bridgehead atoms. The van der Waals surface area contributed by atoms with Gasteiger partial charge in [0, 0.05) is 0 Å². The summed E-state index contributed by atoms with van der Waals surface area (Å²) in [5.41, 5.74) is 4.39. The highest BCUT2D eigenvalue weighted by molar-refractivity contribution is 7.92. The van der Waals surface area contributed by atoms with E-state index < -0.39 is 20.6 Å². The van der Waals surface area contributed by atoms with Gasteiger partial charge in [-0.05, 0) is 18.6 Å². The Morgan fingerprint density at radius 1 is 1.40 bits per heavy atom. The predicted molar refractivity (Wildman–Crippen MR) is 54.6 cm³/mol. The summed E-state index contributed by atoms with van der Waals surface area (Å²) in [4.78, 5) is 0.234. The quantitative estimate of drug-likeness (QED) is 0.787. The lowest BCUT2D eigenvalue weighted by molar-refractivity contribution is 0.592. The zero-order valence-electron chi connectivity index (χ0n) is 7.92. The number of hydrogen-bond donors (Lipinski definition) is 1. The van der Waals surface area contributed by atoms with Gasteiger partial charge in [0.05, 0.1) is 11.0 Å². The van der Waals surface area contributed by atoms with E-state index in [1.807, 2.05) is 6.07 Å². The van der Waals surface area contributed by atoms with Crippen LogP contribution in [0, 0.1) is 11.3 Å². The normalized spacial score (nSPS) is 29.5. The molecule has 1 fully saturated rings. The predicted octanol–water partition coefficient (Wildman–Crippen LogP) is 0.454. The van der Waals surface area contributed by atoms with Crippen LogP contribution in [0.2, 0.25) is 0 Å². The Kier molecular flexibility index (Phi) is 2.07. The fraction of sp³-hybridized carbons (Fsp3) is 0.300. The number of nitrogens with zero attached hydrogens (tertiary/aromatic N) is 1. The minimum Gasteiger partial charge on any atom is -0.312 e. The van der Waals surface area contributed by atoms with E-state index in [4.69, 9.17) is 11.0 Å². The van der Waals surface area contributed by atoms with Gasteiger partial charge in [0.25, 0.3) is 0 Å². The lowest BCUT2D eigenvalue weighted by Crippen LogP contribution is -2.28. The highest BCUT2D eigenvalue weighted by atomic mass is 32.2. The van der Waals surface area contributed by atoms with Crippen LogP contribution in [0.5, 0.6) is 0 Å². The monoisotopic (exact) mass is 222 g/mol. The van der Waals surface area contributed by atoms with Gasteiger partial charge in [0.1, 0.15) is 10.8 Å². The van der Waals surface area contributed by atoms with Crippen molar-refractivity contribution in [2.75, 3.05) is 0 Å². The minimum atomic E-state index is -3.43. The maximum Gasteiger partial charge on any atom is 0.184 e. The Hall–Kier alpha value is -1.38. The Morgan fingerprint density at radius 2 is 2.00 bits per heavy atom. The Bertz CT molecular complexity index is 518. The first-order chi connectivity index (χ1) is 7.00.